The number of carbonyl (C=O) groups excluding carboxylic acids is 2. The zero-order chi connectivity index (χ0) is 21.8. The fourth-order valence-electron chi connectivity index (χ4n) is 4.31. The lowest BCUT2D eigenvalue weighted by Crippen LogP contribution is -2.50. The molecule has 1 atom stereocenters. The van der Waals surface area contributed by atoms with Crippen LogP contribution in [-0.2, 0) is 9.59 Å². The molecule has 0 aliphatic carbocycles. The molecule has 0 unspecified atom stereocenters. The van der Waals surface area contributed by atoms with Gasteiger partial charge in [-0.05, 0) is 43.3 Å². The van der Waals surface area contributed by atoms with Crippen LogP contribution in [0.1, 0.15) is 13.3 Å². The first-order valence-corrected chi connectivity index (χ1v) is 10.8. The van der Waals surface area contributed by atoms with E-state index in [1.165, 1.54) is 0 Å². The van der Waals surface area contributed by atoms with Crippen molar-refractivity contribution in [2.45, 2.75) is 13.3 Å². The Kier molecular flexibility index (Phi) is 6.30. The molecular formula is C24H29N3O4. The molecule has 4 rings (SSSR count). The van der Waals surface area contributed by atoms with Gasteiger partial charge in [-0.1, -0.05) is 12.1 Å². The van der Waals surface area contributed by atoms with E-state index in [2.05, 4.69) is 11.0 Å². The van der Waals surface area contributed by atoms with Gasteiger partial charge in [0.2, 0.25) is 11.8 Å². The summed E-state index contributed by atoms with van der Waals surface area (Å²) in [6, 6.07) is 15.4. The SMILES string of the molecule is CCOc1ccccc1N1CCN(C(=O)[C@H]2CC(=O)N(c3ccc(OC)cc3)C2)CC1. The maximum atomic E-state index is 13.1. The lowest BCUT2D eigenvalue weighted by molar-refractivity contribution is -0.136. The molecule has 2 aliphatic rings. The van der Waals surface area contributed by atoms with Crippen LogP contribution in [0.5, 0.6) is 11.5 Å². The van der Waals surface area contributed by atoms with Crippen molar-refractivity contribution in [1.29, 1.82) is 0 Å². The monoisotopic (exact) mass is 423 g/mol. The Labute approximate surface area is 183 Å². The van der Waals surface area contributed by atoms with Crippen molar-refractivity contribution in [3.05, 3.63) is 48.5 Å². The average molecular weight is 424 g/mol. The maximum absolute atomic E-state index is 13.1. The summed E-state index contributed by atoms with van der Waals surface area (Å²) in [5.41, 5.74) is 1.87. The normalized spacial score (nSPS) is 19.0. The van der Waals surface area contributed by atoms with Crippen LogP contribution in [0.4, 0.5) is 11.4 Å². The minimum atomic E-state index is -0.295. The van der Waals surface area contributed by atoms with Gasteiger partial charge in [-0.3, -0.25) is 9.59 Å². The van der Waals surface area contributed by atoms with Gasteiger partial charge in [-0.25, -0.2) is 0 Å². The second-order valence-corrected chi connectivity index (χ2v) is 7.82. The fourth-order valence-corrected chi connectivity index (χ4v) is 4.31. The summed E-state index contributed by atoms with van der Waals surface area (Å²) in [7, 11) is 1.61. The van der Waals surface area contributed by atoms with E-state index in [-0.39, 0.29) is 24.2 Å². The van der Waals surface area contributed by atoms with Crippen molar-refractivity contribution in [3.63, 3.8) is 0 Å². The molecule has 2 saturated heterocycles. The first-order valence-electron chi connectivity index (χ1n) is 10.8. The molecule has 0 spiro atoms. The van der Waals surface area contributed by atoms with E-state index in [1.807, 2.05) is 54.3 Å². The molecule has 7 nitrogen and oxygen atoms in total. The van der Waals surface area contributed by atoms with E-state index in [4.69, 9.17) is 9.47 Å². The molecule has 2 aromatic rings. The number of benzene rings is 2. The molecule has 0 saturated carbocycles. The largest absolute Gasteiger partial charge is 0.497 e. The Morgan fingerprint density at radius 2 is 1.74 bits per heavy atom. The molecule has 7 heteroatoms. The predicted molar refractivity (Wildman–Crippen MR) is 120 cm³/mol. The van der Waals surface area contributed by atoms with Crippen molar-refractivity contribution in [1.82, 2.24) is 4.90 Å². The Balaban J connectivity index is 1.36. The Hall–Kier alpha value is -3.22. The number of rotatable bonds is 6. The predicted octanol–water partition coefficient (Wildman–Crippen LogP) is 2.80. The third kappa shape index (κ3) is 4.45. The molecule has 164 valence electrons. The van der Waals surface area contributed by atoms with Gasteiger partial charge in [-0.15, -0.1) is 0 Å². The number of piperazine rings is 1. The lowest BCUT2D eigenvalue weighted by atomic mass is 10.1. The van der Waals surface area contributed by atoms with Crippen molar-refractivity contribution < 1.29 is 19.1 Å². The maximum Gasteiger partial charge on any atom is 0.228 e. The number of methoxy groups -OCH3 is 1. The average Bonchev–Trinajstić information content (AvgIpc) is 3.21. The van der Waals surface area contributed by atoms with Crippen LogP contribution in [-0.4, -0.2) is 63.2 Å². The highest BCUT2D eigenvalue weighted by molar-refractivity contribution is 6.00. The number of ether oxygens (including phenoxy) is 2. The van der Waals surface area contributed by atoms with E-state index in [9.17, 15) is 9.59 Å². The summed E-state index contributed by atoms with van der Waals surface area (Å²) >= 11 is 0. The molecule has 0 aromatic heterocycles. The standard InChI is InChI=1S/C24H29N3O4/c1-3-31-22-7-5-4-6-21(22)25-12-14-26(15-13-25)24(29)18-16-23(28)27(17-18)19-8-10-20(30-2)11-9-19/h4-11,18H,3,12-17H2,1-2H3/t18-/m0/s1. The van der Waals surface area contributed by atoms with Crippen LogP contribution >= 0.6 is 0 Å². The fraction of sp³-hybridized carbons (Fsp3) is 0.417. The summed E-state index contributed by atoms with van der Waals surface area (Å²) in [6.45, 7) is 5.81. The minimum Gasteiger partial charge on any atom is -0.497 e. The quantitative estimate of drug-likeness (QED) is 0.715. The first-order chi connectivity index (χ1) is 15.1. The molecule has 2 aliphatic heterocycles. The second-order valence-electron chi connectivity index (χ2n) is 7.82. The third-order valence-corrected chi connectivity index (χ3v) is 5.96. The zero-order valence-corrected chi connectivity index (χ0v) is 18.1. The second kappa shape index (κ2) is 9.29. The van der Waals surface area contributed by atoms with Crippen molar-refractivity contribution in [2.75, 3.05) is 56.2 Å². The van der Waals surface area contributed by atoms with Crippen LogP contribution in [0.3, 0.4) is 0 Å². The van der Waals surface area contributed by atoms with Gasteiger partial charge in [0.05, 0.1) is 25.3 Å². The third-order valence-electron chi connectivity index (χ3n) is 5.96. The van der Waals surface area contributed by atoms with E-state index < -0.39 is 0 Å². The van der Waals surface area contributed by atoms with E-state index in [0.29, 0.717) is 26.2 Å². The Bertz CT molecular complexity index is 923. The van der Waals surface area contributed by atoms with Crippen molar-refractivity contribution in [2.24, 2.45) is 5.92 Å². The summed E-state index contributed by atoms with van der Waals surface area (Å²) in [6.07, 6.45) is 0.262. The summed E-state index contributed by atoms with van der Waals surface area (Å²) in [4.78, 5) is 31.5. The number of para-hydroxylation sites is 2. The van der Waals surface area contributed by atoms with Gasteiger partial charge in [0.25, 0.3) is 0 Å². The van der Waals surface area contributed by atoms with E-state index in [0.717, 1.165) is 36.0 Å². The van der Waals surface area contributed by atoms with Gasteiger partial charge < -0.3 is 24.2 Å². The number of carbonyl (C=O) groups is 2. The van der Waals surface area contributed by atoms with Crippen LogP contribution in [0.25, 0.3) is 0 Å². The highest BCUT2D eigenvalue weighted by Crippen LogP contribution is 2.31. The first kappa shape index (κ1) is 21.0. The van der Waals surface area contributed by atoms with E-state index in [1.54, 1.807) is 12.0 Å². The summed E-state index contributed by atoms with van der Waals surface area (Å²) < 4.78 is 10.9. The van der Waals surface area contributed by atoms with Gasteiger partial charge in [0.15, 0.2) is 0 Å². The molecule has 0 bridgehead atoms. The molecule has 0 radical (unpaired) electrons. The topological polar surface area (TPSA) is 62.3 Å². The van der Waals surface area contributed by atoms with Crippen LogP contribution in [0.2, 0.25) is 0 Å². The molecule has 2 aromatic carbocycles. The molecule has 2 fully saturated rings. The molecule has 2 amide bonds. The van der Waals surface area contributed by atoms with Gasteiger partial charge in [-0.2, -0.15) is 0 Å². The highest BCUT2D eigenvalue weighted by Gasteiger charge is 2.38. The van der Waals surface area contributed by atoms with Gasteiger partial charge >= 0.3 is 0 Å². The Morgan fingerprint density at radius 1 is 1.03 bits per heavy atom. The molecule has 31 heavy (non-hydrogen) atoms. The van der Waals surface area contributed by atoms with Gasteiger partial charge in [0, 0.05) is 44.8 Å². The lowest BCUT2D eigenvalue weighted by Gasteiger charge is -2.37. The molecule has 0 N–H and O–H groups in total. The smallest absolute Gasteiger partial charge is 0.228 e. The summed E-state index contributed by atoms with van der Waals surface area (Å²) in [5.74, 6) is 1.39. The van der Waals surface area contributed by atoms with Gasteiger partial charge in [0.1, 0.15) is 11.5 Å². The zero-order valence-electron chi connectivity index (χ0n) is 18.1. The number of nitrogens with zero attached hydrogens (tertiary/aromatic N) is 3. The number of amides is 2. The Morgan fingerprint density at radius 3 is 2.42 bits per heavy atom. The van der Waals surface area contributed by atoms with E-state index >= 15 is 0 Å². The minimum absolute atomic E-state index is 0.00667. The number of hydrogen-bond acceptors (Lipinski definition) is 5. The van der Waals surface area contributed by atoms with Crippen molar-refractivity contribution >= 4 is 23.2 Å². The molecular weight excluding hydrogens is 394 g/mol. The van der Waals surface area contributed by atoms with Crippen LogP contribution in [0, 0.1) is 5.92 Å². The van der Waals surface area contributed by atoms with Crippen molar-refractivity contribution in [3.8, 4) is 11.5 Å². The summed E-state index contributed by atoms with van der Waals surface area (Å²) in [5, 5.41) is 0. The highest BCUT2D eigenvalue weighted by atomic mass is 16.5. The molecule has 2 heterocycles. The number of anilines is 2. The number of hydrogen-bond donors (Lipinski definition) is 0. The van der Waals surface area contributed by atoms with Crippen LogP contribution < -0.4 is 19.3 Å². The van der Waals surface area contributed by atoms with Crippen LogP contribution in [0.15, 0.2) is 48.5 Å².